The van der Waals surface area contributed by atoms with Gasteiger partial charge in [0.15, 0.2) is 0 Å². The summed E-state index contributed by atoms with van der Waals surface area (Å²) in [5.41, 5.74) is 0. The number of rotatable bonds is 50. The number of carbonyl (C=O) groups is 1. The Bertz CT molecular complexity index is 1500. The molecule has 0 saturated carbocycles. The number of likely N-dealkylation sites (N-methyl/N-ethyl adjacent to an activating group) is 1. The molecule has 8 nitrogen and oxygen atoms in total. The van der Waals surface area contributed by atoms with Crippen LogP contribution >= 0.6 is 7.82 Å². The molecule has 0 rings (SSSR count). The molecule has 9 heteroatoms. The summed E-state index contributed by atoms with van der Waals surface area (Å²) in [6.07, 6.45) is 74.5. The summed E-state index contributed by atoms with van der Waals surface area (Å²) >= 11 is 0. The minimum absolute atomic E-state index is 0.00564. The molecule has 3 atom stereocenters. The molecule has 0 aromatic heterocycles. The van der Waals surface area contributed by atoms with E-state index in [2.05, 4.69) is 116 Å². The van der Waals surface area contributed by atoms with Crippen molar-refractivity contribution in [2.24, 2.45) is 0 Å². The minimum Gasteiger partial charge on any atom is -0.756 e. The maximum absolute atomic E-state index is 12.9. The van der Waals surface area contributed by atoms with Crippen molar-refractivity contribution in [1.82, 2.24) is 5.32 Å². The van der Waals surface area contributed by atoms with Crippen molar-refractivity contribution in [1.29, 1.82) is 0 Å². The van der Waals surface area contributed by atoms with E-state index < -0.39 is 20.0 Å². The van der Waals surface area contributed by atoms with Crippen LogP contribution in [-0.4, -0.2) is 68.5 Å². The van der Waals surface area contributed by atoms with Crippen LogP contribution in [0.25, 0.3) is 0 Å². The van der Waals surface area contributed by atoms with Crippen molar-refractivity contribution < 1.29 is 32.9 Å². The highest BCUT2D eigenvalue weighted by molar-refractivity contribution is 7.45. The summed E-state index contributed by atoms with van der Waals surface area (Å²) in [5, 5.41) is 13.8. The van der Waals surface area contributed by atoms with Gasteiger partial charge in [-0.3, -0.25) is 9.36 Å². The number of hydrogen-bond acceptors (Lipinski definition) is 6. The van der Waals surface area contributed by atoms with Crippen molar-refractivity contribution in [3.8, 4) is 0 Å². The molecule has 0 aliphatic rings. The third-order valence-corrected chi connectivity index (χ3v) is 13.0. The predicted molar refractivity (Wildman–Crippen MR) is 302 cm³/mol. The second-order valence-corrected chi connectivity index (χ2v) is 21.3. The van der Waals surface area contributed by atoms with Crippen molar-refractivity contribution >= 4 is 13.7 Å². The van der Waals surface area contributed by atoms with Gasteiger partial charge < -0.3 is 28.8 Å². The highest BCUT2D eigenvalue weighted by atomic mass is 31.2. The van der Waals surface area contributed by atoms with Crippen LogP contribution in [0.15, 0.2) is 109 Å². The number of phosphoric ester groups is 1. The first-order valence-corrected chi connectivity index (χ1v) is 29.7. The SMILES string of the molecule is CC/C=C\C/C=C\C/C=C\C/C=C\C/C=C\C/C=C\C/C=C\C/C=C\CCCCCCCCCCCCCCC(=O)NC(COP(=O)([O-])OCC[N+](C)(C)C)C(O)/C=C/CCCCCCCCCCC. The maximum Gasteiger partial charge on any atom is 0.268 e. The molecule has 1 amide bonds. The van der Waals surface area contributed by atoms with Gasteiger partial charge in [-0.05, 0) is 83.5 Å². The van der Waals surface area contributed by atoms with Crippen molar-refractivity contribution in [2.75, 3.05) is 40.9 Å². The Kier molecular flexibility index (Phi) is 49.0. The Morgan fingerprint density at radius 3 is 1.27 bits per heavy atom. The summed E-state index contributed by atoms with van der Waals surface area (Å²) in [5.74, 6) is -0.205. The fourth-order valence-electron chi connectivity index (χ4n) is 7.58. The van der Waals surface area contributed by atoms with Crippen LogP contribution in [0.3, 0.4) is 0 Å². The van der Waals surface area contributed by atoms with Gasteiger partial charge in [-0.1, -0.05) is 239 Å². The smallest absolute Gasteiger partial charge is 0.268 e. The van der Waals surface area contributed by atoms with E-state index in [0.29, 0.717) is 17.4 Å². The summed E-state index contributed by atoms with van der Waals surface area (Å²) in [6, 6.07) is -0.892. The van der Waals surface area contributed by atoms with E-state index in [9.17, 15) is 19.4 Å². The van der Waals surface area contributed by atoms with E-state index in [0.717, 1.165) is 89.9 Å². The van der Waals surface area contributed by atoms with Crippen LogP contribution in [0.5, 0.6) is 0 Å². The first-order valence-electron chi connectivity index (χ1n) is 28.2. The summed E-state index contributed by atoms with van der Waals surface area (Å²) in [6.45, 7) is 4.50. The van der Waals surface area contributed by atoms with Gasteiger partial charge in [0.1, 0.15) is 13.2 Å². The molecule has 0 aliphatic carbocycles. The molecule has 0 radical (unpaired) electrons. The monoisotopic (exact) mass is 995 g/mol. The van der Waals surface area contributed by atoms with Gasteiger partial charge in [0.25, 0.3) is 7.82 Å². The Hall–Kier alpha value is -2.84. The Labute approximate surface area is 431 Å². The molecule has 2 N–H and O–H groups in total. The molecule has 0 fully saturated rings. The number of phosphoric acid groups is 1. The number of nitrogens with zero attached hydrogens (tertiary/aromatic N) is 1. The summed E-state index contributed by atoms with van der Waals surface area (Å²) in [4.78, 5) is 25.4. The third kappa shape index (κ3) is 53.0. The van der Waals surface area contributed by atoms with E-state index in [1.54, 1.807) is 6.08 Å². The highest BCUT2D eigenvalue weighted by Gasteiger charge is 2.23. The molecular formula is C61H107N2O6P. The molecule has 0 heterocycles. The molecule has 0 bridgehead atoms. The normalized spacial score (nSPS) is 14.8. The second kappa shape index (κ2) is 51.1. The molecule has 70 heavy (non-hydrogen) atoms. The molecule has 0 saturated heterocycles. The lowest BCUT2D eigenvalue weighted by atomic mass is 10.0. The third-order valence-electron chi connectivity index (χ3n) is 12.0. The van der Waals surface area contributed by atoms with E-state index in [-0.39, 0.29) is 19.1 Å². The maximum atomic E-state index is 12.9. The van der Waals surface area contributed by atoms with Gasteiger partial charge in [0, 0.05) is 6.42 Å². The number of aliphatic hydroxyl groups excluding tert-OH is 1. The molecule has 0 aliphatic heterocycles. The van der Waals surface area contributed by atoms with Crippen LogP contribution < -0.4 is 10.2 Å². The Morgan fingerprint density at radius 1 is 0.514 bits per heavy atom. The molecule has 3 unspecified atom stereocenters. The van der Waals surface area contributed by atoms with Crippen LogP contribution in [0.2, 0.25) is 0 Å². The van der Waals surface area contributed by atoms with E-state index in [1.807, 2.05) is 27.2 Å². The van der Waals surface area contributed by atoms with Gasteiger partial charge in [-0.15, -0.1) is 0 Å². The first-order chi connectivity index (χ1) is 34.0. The largest absolute Gasteiger partial charge is 0.756 e. The number of quaternary nitrogens is 1. The summed E-state index contributed by atoms with van der Waals surface area (Å²) in [7, 11) is 1.25. The molecule has 0 aromatic rings. The van der Waals surface area contributed by atoms with Crippen molar-refractivity contribution in [2.45, 2.75) is 231 Å². The predicted octanol–water partition coefficient (Wildman–Crippen LogP) is 16.6. The van der Waals surface area contributed by atoms with Crippen LogP contribution in [0.1, 0.15) is 219 Å². The average molecular weight is 996 g/mol. The number of allylic oxidation sites excluding steroid dienone is 17. The second-order valence-electron chi connectivity index (χ2n) is 19.9. The van der Waals surface area contributed by atoms with Crippen LogP contribution in [0.4, 0.5) is 0 Å². The van der Waals surface area contributed by atoms with Gasteiger partial charge in [0.05, 0.1) is 39.9 Å². The van der Waals surface area contributed by atoms with Crippen molar-refractivity contribution in [3.63, 3.8) is 0 Å². The zero-order valence-electron chi connectivity index (χ0n) is 45.7. The fraction of sp³-hybridized carbons (Fsp3) is 0.689. The van der Waals surface area contributed by atoms with Gasteiger partial charge in [-0.2, -0.15) is 0 Å². The van der Waals surface area contributed by atoms with Gasteiger partial charge >= 0.3 is 0 Å². The minimum atomic E-state index is -4.60. The number of nitrogens with one attached hydrogen (secondary N) is 1. The standard InChI is InChI=1S/C61H107N2O6P/c1-6-8-10-12-14-16-18-19-20-21-22-23-24-25-26-27-28-29-30-31-32-33-34-35-36-37-38-39-40-41-42-43-45-47-49-51-53-55-61(65)62-59(58-69-70(66,67)68-57-56-63(3,4)5)60(64)54-52-50-48-46-44-17-15-13-11-9-7-2/h8,10,14,16,19-20,22-23,25-26,28-29,31-32,34-35,52,54,59-60,64H,6-7,9,11-13,15,17-18,21,24,27,30,33,36-51,53,55-58H2,1-5H3,(H-,62,65,66,67)/b10-8-,16-14-,20-19-,23-22-,26-25-,29-28-,32-31-,35-34-,54-52+. The number of aliphatic hydroxyl groups is 1. The molecular weight excluding hydrogens is 888 g/mol. The number of unbranched alkanes of at least 4 members (excludes halogenated alkanes) is 21. The zero-order valence-corrected chi connectivity index (χ0v) is 46.6. The fourth-order valence-corrected chi connectivity index (χ4v) is 8.30. The van der Waals surface area contributed by atoms with Crippen LogP contribution in [-0.2, 0) is 18.4 Å². The van der Waals surface area contributed by atoms with E-state index >= 15 is 0 Å². The van der Waals surface area contributed by atoms with Crippen molar-refractivity contribution in [3.05, 3.63) is 109 Å². The lowest BCUT2D eigenvalue weighted by Gasteiger charge is -2.29. The average Bonchev–Trinajstić information content (AvgIpc) is 3.32. The lowest BCUT2D eigenvalue weighted by molar-refractivity contribution is -0.870. The van der Waals surface area contributed by atoms with Gasteiger partial charge in [-0.25, -0.2) is 0 Å². The van der Waals surface area contributed by atoms with Crippen LogP contribution in [0, 0.1) is 0 Å². The number of amides is 1. The molecule has 402 valence electrons. The van der Waals surface area contributed by atoms with Gasteiger partial charge in [0.2, 0.25) is 5.91 Å². The quantitative estimate of drug-likeness (QED) is 0.0272. The molecule has 0 aromatic carbocycles. The molecule has 0 spiro atoms. The number of hydrogen-bond donors (Lipinski definition) is 2. The van der Waals surface area contributed by atoms with E-state index in [4.69, 9.17) is 9.05 Å². The lowest BCUT2D eigenvalue weighted by Crippen LogP contribution is -2.45. The van der Waals surface area contributed by atoms with E-state index in [1.165, 1.54) is 109 Å². The Morgan fingerprint density at radius 2 is 0.871 bits per heavy atom. The highest BCUT2D eigenvalue weighted by Crippen LogP contribution is 2.38. The summed E-state index contributed by atoms with van der Waals surface area (Å²) < 4.78 is 23.2. The topological polar surface area (TPSA) is 108 Å². The number of carbonyl (C=O) groups excluding carboxylic acids is 1. The first kappa shape index (κ1) is 67.2. The Balaban J connectivity index is 4.05. The zero-order chi connectivity index (χ0) is 51.3.